The maximum Gasteiger partial charge on any atom is 0.308 e. The smallest absolute Gasteiger partial charge is 0.308 e. The Kier molecular flexibility index (Phi) is 8.29. The molecule has 1 aromatic heterocycles. The molecule has 1 saturated heterocycles. The number of piperidine rings is 1. The van der Waals surface area contributed by atoms with Crippen LogP contribution >= 0.6 is 0 Å². The molecule has 0 amide bonds. The Labute approximate surface area is 212 Å². The van der Waals surface area contributed by atoms with Gasteiger partial charge in [-0.1, -0.05) is 11.8 Å². The molecule has 1 fully saturated rings. The fourth-order valence-corrected chi connectivity index (χ4v) is 4.79. The van der Waals surface area contributed by atoms with Crippen LogP contribution in [0.25, 0.3) is 10.9 Å². The van der Waals surface area contributed by atoms with Gasteiger partial charge in [0.1, 0.15) is 17.7 Å². The summed E-state index contributed by atoms with van der Waals surface area (Å²) >= 11 is 0. The molecular formula is C28H26F4N2O3. The molecular weight excluding hydrogens is 488 g/mol. The maximum atomic E-state index is 15.3. The number of aromatic nitrogens is 1. The van der Waals surface area contributed by atoms with Crippen LogP contribution < -0.4 is 4.74 Å². The van der Waals surface area contributed by atoms with E-state index in [4.69, 9.17) is 4.74 Å². The van der Waals surface area contributed by atoms with Crippen LogP contribution in [0, 0.1) is 41.1 Å². The first-order valence-corrected chi connectivity index (χ1v) is 11.9. The van der Waals surface area contributed by atoms with Crippen LogP contribution in [0.5, 0.6) is 5.75 Å². The summed E-state index contributed by atoms with van der Waals surface area (Å²) in [6.07, 6.45) is 1.34. The van der Waals surface area contributed by atoms with Crippen molar-refractivity contribution in [3.05, 3.63) is 71.2 Å². The third kappa shape index (κ3) is 6.20. The number of alkyl halides is 1. The number of carboxylic acid groups (broad SMARTS) is 1. The van der Waals surface area contributed by atoms with E-state index in [1.54, 1.807) is 35.4 Å². The molecule has 0 saturated carbocycles. The second-order valence-electron chi connectivity index (χ2n) is 9.11. The maximum absolute atomic E-state index is 15.3. The number of methoxy groups -OCH3 is 1. The minimum absolute atomic E-state index is 0.116. The predicted octanol–water partition coefficient (Wildman–Crippen LogP) is 5.53. The Morgan fingerprint density at radius 1 is 1.24 bits per heavy atom. The molecule has 9 heteroatoms. The van der Waals surface area contributed by atoms with E-state index in [0.717, 1.165) is 6.07 Å². The van der Waals surface area contributed by atoms with Crippen molar-refractivity contribution < 1.29 is 32.2 Å². The van der Waals surface area contributed by atoms with Crippen molar-refractivity contribution in [2.45, 2.75) is 25.4 Å². The Hall–Kier alpha value is -3.64. The molecule has 0 unspecified atom stereocenters. The average Bonchev–Trinajstić information content (AvgIpc) is 2.89. The van der Waals surface area contributed by atoms with E-state index in [1.165, 1.54) is 7.11 Å². The topological polar surface area (TPSA) is 62.7 Å². The largest absolute Gasteiger partial charge is 0.497 e. The number of ether oxygens (including phenoxy) is 1. The molecule has 194 valence electrons. The standard InChI is InChI=1S/C28H26F4N2O3/c1-37-20-5-7-26-22(15-20)21(8-10-33-26)24(30)6-4-17-9-12-34(16-23(17)28(35)36)11-2-3-18-13-19(29)14-25(31)27(18)32/h5,7-8,10,13-15,17,23-24H,4,6,9,11-12,16H2,1H3,(H,35,36)/t17-,23+,24-/m1/s1. The van der Waals surface area contributed by atoms with Crippen LogP contribution in [-0.2, 0) is 4.79 Å². The molecule has 1 aliphatic rings. The fraction of sp³-hybridized carbons (Fsp3) is 0.357. The third-order valence-electron chi connectivity index (χ3n) is 6.79. The van der Waals surface area contributed by atoms with Crippen molar-refractivity contribution in [3.63, 3.8) is 0 Å². The van der Waals surface area contributed by atoms with Crippen LogP contribution in [0.1, 0.15) is 36.6 Å². The summed E-state index contributed by atoms with van der Waals surface area (Å²) in [5.41, 5.74) is 0.751. The summed E-state index contributed by atoms with van der Waals surface area (Å²) in [5.74, 6) is 0.294. The van der Waals surface area contributed by atoms with Gasteiger partial charge < -0.3 is 9.84 Å². The summed E-state index contributed by atoms with van der Waals surface area (Å²) in [4.78, 5) is 18.0. The summed E-state index contributed by atoms with van der Waals surface area (Å²) in [6.45, 7) is 0.834. The van der Waals surface area contributed by atoms with Crippen LogP contribution in [-0.4, -0.2) is 47.7 Å². The molecule has 3 atom stereocenters. The molecule has 0 radical (unpaired) electrons. The highest BCUT2D eigenvalue weighted by Crippen LogP contribution is 2.35. The average molecular weight is 515 g/mol. The summed E-state index contributed by atoms with van der Waals surface area (Å²) in [5, 5.41) is 10.5. The molecule has 0 bridgehead atoms. The Balaban J connectivity index is 1.39. The molecule has 1 aliphatic heterocycles. The highest BCUT2D eigenvalue weighted by Gasteiger charge is 2.34. The minimum Gasteiger partial charge on any atom is -0.497 e. The van der Waals surface area contributed by atoms with Gasteiger partial charge >= 0.3 is 5.97 Å². The monoisotopic (exact) mass is 514 g/mol. The van der Waals surface area contributed by atoms with E-state index >= 15 is 4.39 Å². The number of carboxylic acids is 1. The third-order valence-corrected chi connectivity index (χ3v) is 6.79. The molecule has 2 aromatic carbocycles. The first-order chi connectivity index (χ1) is 17.8. The van der Waals surface area contributed by atoms with E-state index in [2.05, 4.69) is 16.8 Å². The first kappa shape index (κ1) is 26.4. The number of halogens is 4. The van der Waals surface area contributed by atoms with Crippen molar-refractivity contribution in [2.24, 2.45) is 11.8 Å². The van der Waals surface area contributed by atoms with Crippen molar-refractivity contribution in [2.75, 3.05) is 26.7 Å². The van der Waals surface area contributed by atoms with E-state index in [1.807, 2.05) is 0 Å². The lowest BCUT2D eigenvalue weighted by Crippen LogP contribution is -2.44. The molecule has 5 nitrogen and oxygen atoms in total. The van der Waals surface area contributed by atoms with Gasteiger partial charge in [0.25, 0.3) is 0 Å². The quantitative estimate of drug-likeness (QED) is 0.255. The predicted molar refractivity (Wildman–Crippen MR) is 130 cm³/mol. The van der Waals surface area contributed by atoms with Crippen LogP contribution in [0.3, 0.4) is 0 Å². The van der Waals surface area contributed by atoms with E-state index < -0.39 is 41.1 Å². The minimum atomic E-state index is -1.32. The summed E-state index contributed by atoms with van der Waals surface area (Å²) in [6, 6.07) is 8.16. The number of hydrogen-bond acceptors (Lipinski definition) is 4. The Morgan fingerprint density at radius 3 is 2.81 bits per heavy atom. The van der Waals surface area contributed by atoms with Gasteiger partial charge in [-0.3, -0.25) is 14.7 Å². The van der Waals surface area contributed by atoms with Gasteiger partial charge in [0.15, 0.2) is 11.6 Å². The van der Waals surface area contributed by atoms with Crippen LogP contribution in [0.15, 0.2) is 42.6 Å². The van der Waals surface area contributed by atoms with Gasteiger partial charge in [-0.25, -0.2) is 17.6 Å². The molecule has 37 heavy (non-hydrogen) atoms. The van der Waals surface area contributed by atoms with Crippen LogP contribution in [0.2, 0.25) is 0 Å². The van der Waals surface area contributed by atoms with Gasteiger partial charge in [-0.2, -0.15) is 0 Å². The second-order valence-corrected chi connectivity index (χ2v) is 9.11. The number of rotatable bonds is 7. The lowest BCUT2D eigenvalue weighted by molar-refractivity contribution is -0.146. The molecule has 4 rings (SSSR count). The Morgan fingerprint density at radius 2 is 2.05 bits per heavy atom. The second kappa shape index (κ2) is 11.6. The van der Waals surface area contributed by atoms with E-state index in [0.29, 0.717) is 47.7 Å². The van der Waals surface area contributed by atoms with Gasteiger partial charge in [0.2, 0.25) is 0 Å². The van der Waals surface area contributed by atoms with Gasteiger partial charge in [-0.15, -0.1) is 0 Å². The lowest BCUT2D eigenvalue weighted by Gasteiger charge is -2.35. The van der Waals surface area contributed by atoms with E-state index in [9.17, 15) is 23.1 Å². The number of pyridine rings is 1. The molecule has 0 spiro atoms. The number of likely N-dealkylation sites (tertiary alicyclic amines) is 1. The number of benzene rings is 2. The number of nitrogens with zero attached hydrogens (tertiary/aromatic N) is 2. The first-order valence-electron chi connectivity index (χ1n) is 11.9. The zero-order valence-electron chi connectivity index (χ0n) is 20.2. The van der Waals surface area contributed by atoms with Gasteiger partial charge in [0.05, 0.1) is 30.7 Å². The number of hydrogen-bond donors (Lipinski definition) is 1. The molecule has 3 aromatic rings. The van der Waals surface area contributed by atoms with Crippen molar-refractivity contribution in [1.29, 1.82) is 0 Å². The van der Waals surface area contributed by atoms with E-state index in [-0.39, 0.29) is 25.4 Å². The van der Waals surface area contributed by atoms with Gasteiger partial charge in [-0.05, 0) is 67.6 Å². The van der Waals surface area contributed by atoms with Crippen molar-refractivity contribution >= 4 is 16.9 Å². The number of aliphatic carboxylic acids is 1. The molecule has 2 heterocycles. The SMILES string of the molecule is COc1ccc2nccc([C@H](F)CC[C@@H]3CCN(CC#Cc4cc(F)cc(F)c4F)C[C@@H]3C(=O)O)c2c1. The zero-order valence-corrected chi connectivity index (χ0v) is 20.2. The van der Waals surface area contributed by atoms with Crippen molar-refractivity contribution in [3.8, 4) is 17.6 Å². The Bertz CT molecular complexity index is 1350. The summed E-state index contributed by atoms with van der Waals surface area (Å²) in [7, 11) is 1.54. The van der Waals surface area contributed by atoms with Gasteiger partial charge in [0, 0.05) is 24.2 Å². The molecule has 1 N–H and O–H groups in total. The summed E-state index contributed by atoms with van der Waals surface area (Å²) < 4.78 is 61.1. The highest BCUT2D eigenvalue weighted by molar-refractivity contribution is 5.83. The fourth-order valence-electron chi connectivity index (χ4n) is 4.79. The highest BCUT2D eigenvalue weighted by atomic mass is 19.2. The number of carbonyl (C=O) groups is 1. The number of fused-ring (bicyclic) bond motifs is 1. The lowest BCUT2D eigenvalue weighted by atomic mass is 9.81. The molecule has 0 aliphatic carbocycles. The normalized spacial score (nSPS) is 18.7. The zero-order chi connectivity index (χ0) is 26.5. The van der Waals surface area contributed by atoms with Crippen LogP contribution in [0.4, 0.5) is 17.6 Å². The van der Waals surface area contributed by atoms with Crippen molar-refractivity contribution in [1.82, 2.24) is 9.88 Å².